The Balaban J connectivity index is 0.000000372. The second-order valence-electron chi connectivity index (χ2n) is 12.6. The third-order valence-electron chi connectivity index (χ3n) is 9.72. The van der Waals surface area contributed by atoms with E-state index in [9.17, 15) is 0 Å². The minimum absolute atomic E-state index is 0. The Morgan fingerprint density at radius 1 is 0.354 bits per heavy atom. The monoisotopic (exact) mass is 750 g/mol. The van der Waals surface area contributed by atoms with Crippen LogP contribution in [0.1, 0.15) is 51.4 Å². The van der Waals surface area contributed by atoms with Crippen molar-refractivity contribution in [3.8, 4) is 0 Å². The second kappa shape index (κ2) is 21.1. The molecule has 0 amide bonds. The minimum atomic E-state index is -0.347. The van der Waals surface area contributed by atoms with Crippen LogP contribution in [0.4, 0.5) is 0 Å². The molecular formula is C44H48Fe2P2. The molecule has 0 radical (unpaired) electrons. The maximum absolute atomic E-state index is 2.40. The quantitative estimate of drug-likeness (QED) is 0.130. The normalized spacial score (nSPS) is 21.6. The van der Waals surface area contributed by atoms with E-state index in [0.29, 0.717) is 0 Å². The van der Waals surface area contributed by atoms with Crippen molar-refractivity contribution < 1.29 is 34.1 Å². The number of allylic oxidation sites excluding steroid dienone is 8. The van der Waals surface area contributed by atoms with E-state index in [1.165, 1.54) is 38.5 Å². The van der Waals surface area contributed by atoms with Crippen molar-refractivity contribution in [3.63, 3.8) is 0 Å². The van der Waals surface area contributed by atoms with E-state index in [1.807, 2.05) is 0 Å². The maximum atomic E-state index is 2.40. The van der Waals surface area contributed by atoms with Crippen LogP contribution in [-0.4, -0.2) is 11.3 Å². The molecule has 4 heteroatoms. The summed E-state index contributed by atoms with van der Waals surface area (Å²) in [6.07, 6.45) is 27.4. The molecule has 4 unspecified atom stereocenters. The van der Waals surface area contributed by atoms with Gasteiger partial charge >= 0.3 is 0 Å². The number of hydrogen-bond donors (Lipinski definition) is 0. The fraction of sp³-hybridized carbons (Fsp3) is 0.273. The Hall–Kier alpha value is -2.26. The predicted molar refractivity (Wildman–Crippen MR) is 206 cm³/mol. The van der Waals surface area contributed by atoms with Gasteiger partial charge in [0, 0.05) is 34.1 Å². The molecule has 2 saturated carbocycles. The van der Waals surface area contributed by atoms with Gasteiger partial charge in [0.15, 0.2) is 0 Å². The summed E-state index contributed by atoms with van der Waals surface area (Å²) >= 11 is 0. The molecule has 0 heterocycles. The summed E-state index contributed by atoms with van der Waals surface area (Å²) in [5.74, 6) is 1.67. The molecule has 48 heavy (non-hydrogen) atoms. The van der Waals surface area contributed by atoms with Crippen LogP contribution < -0.4 is 21.2 Å². The SMILES string of the molecule is C1=CCC=C1.C1=CCC=C1.[Fe].[Fe].c1ccc(P(c2ccccc2)C2CCCC2C2CCCC2P(c2ccccc2)c2ccccc2)cc1. The van der Waals surface area contributed by atoms with Crippen LogP contribution in [0.3, 0.4) is 0 Å². The van der Waals surface area contributed by atoms with Gasteiger partial charge in [0.1, 0.15) is 0 Å². The molecule has 0 spiro atoms. The van der Waals surface area contributed by atoms with Gasteiger partial charge in [-0.2, -0.15) is 0 Å². The van der Waals surface area contributed by atoms with Gasteiger partial charge in [0.2, 0.25) is 0 Å². The summed E-state index contributed by atoms with van der Waals surface area (Å²) in [7, 11) is -0.694. The molecule has 4 aromatic rings. The van der Waals surface area contributed by atoms with Crippen LogP contribution in [0.5, 0.6) is 0 Å². The average Bonchev–Trinajstić information content (AvgIpc) is 3.97. The summed E-state index contributed by atoms with van der Waals surface area (Å²) < 4.78 is 0. The van der Waals surface area contributed by atoms with E-state index < -0.39 is 0 Å². The summed E-state index contributed by atoms with van der Waals surface area (Å²) in [6.45, 7) is 0. The fourth-order valence-electron chi connectivity index (χ4n) is 7.78. The number of benzene rings is 4. The number of rotatable bonds is 7. The van der Waals surface area contributed by atoms with Gasteiger partial charge in [-0.25, -0.2) is 0 Å². The van der Waals surface area contributed by atoms with Gasteiger partial charge in [0.05, 0.1) is 0 Å². The molecule has 250 valence electrons. The van der Waals surface area contributed by atoms with Crippen LogP contribution >= 0.6 is 15.8 Å². The minimum Gasteiger partial charge on any atom is -0.0808 e. The van der Waals surface area contributed by atoms with Gasteiger partial charge in [-0.05, 0) is 98.7 Å². The number of hydrogen-bond acceptors (Lipinski definition) is 0. The molecule has 8 rings (SSSR count). The van der Waals surface area contributed by atoms with Crippen molar-refractivity contribution >= 4 is 37.1 Å². The van der Waals surface area contributed by atoms with Crippen LogP contribution in [0.2, 0.25) is 0 Å². The Labute approximate surface area is 313 Å². The van der Waals surface area contributed by atoms with Gasteiger partial charge in [-0.3, -0.25) is 0 Å². The predicted octanol–water partition coefficient (Wildman–Crippen LogP) is 10.6. The van der Waals surface area contributed by atoms with Crippen LogP contribution in [0.25, 0.3) is 0 Å². The third kappa shape index (κ3) is 10.4. The van der Waals surface area contributed by atoms with Gasteiger partial charge < -0.3 is 0 Å². The van der Waals surface area contributed by atoms with Crippen molar-refractivity contribution in [2.75, 3.05) is 0 Å². The van der Waals surface area contributed by atoms with Gasteiger partial charge in [-0.15, -0.1) is 0 Å². The van der Waals surface area contributed by atoms with Gasteiger partial charge in [0.25, 0.3) is 0 Å². The summed E-state index contributed by atoms with van der Waals surface area (Å²) in [4.78, 5) is 0. The first-order valence-electron chi connectivity index (χ1n) is 17.3. The zero-order valence-corrected chi connectivity index (χ0v) is 31.7. The fourth-order valence-corrected chi connectivity index (χ4v) is 14.3. The molecule has 0 aromatic heterocycles. The summed E-state index contributed by atoms with van der Waals surface area (Å²) in [5.41, 5.74) is 1.58. The first-order valence-corrected chi connectivity index (χ1v) is 20.1. The molecule has 2 fully saturated rings. The van der Waals surface area contributed by atoms with E-state index in [4.69, 9.17) is 0 Å². The topological polar surface area (TPSA) is 0 Å². The molecule has 4 aromatic carbocycles. The molecule has 4 aliphatic rings. The first-order chi connectivity index (χ1) is 22.9. The van der Waals surface area contributed by atoms with E-state index >= 15 is 0 Å². The van der Waals surface area contributed by atoms with Crippen molar-refractivity contribution in [1.82, 2.24) is 0 Å². The third-order valence-corrected chi connectivity index (χ3v) is 15.8. The van der Waals surface area contributed by atoms with E-state index in [0.717, 1.165) is 36.0 Å². The zero-order valence-electron chi connectivity index (χ0n) is 27.7. The molecule has 0 nitrogen and oxygen atoms in total. The van der Waals surface area contributed by atoms with E-state index in [1.54, 1.807) is 21.2 Å². The van der Waals surface area contributed by atoms with Crippen molar-refractivity contribution in [2.45, 2.75) is 62.7 Å². The Kier molecular flexibility index (Phi) is 16.9. The van der Waals surface area contributed by atoms with Crippen LogP contribution in [-0.2, 0) is 34.1 Å². The van der Waals surface area contributed by atoms with Crippen LogP contribution in [0.15, 0.2) is 170 Å². The maximum Gasteiger partial charge on any atom is 0 e. The smallest absolute Gasteiger partial charge is 0 e. The Bertz CT molecular complexity index is 1350. The standard InChI is InChI=1S/C34H36P2.2C5H6.2Fe/c1-5-15-27(16-6-1)35(28-17-7-2-8-18-28)33-25-13-23-31(33)32-24-14-26-34(32)36(29-19-9-3-10-20-29)30-21-11-4-12-22-30;2*1-2-4-5-3-1;;/h1-12,15-22,31-34H,13-14,23-26H2;2*1-4H,5H2;;. The van der Waals surface area contributed by atoms with Crippen molar-refractivity contribution in [2.24, 2.45) is 11.8 Å². The van der Waals surface area contributed by atoms with E-state index in [-0.39, 0.29) is 50.0 Å². The molecule has 0 saturated heterocycles. The van der Waals surface area contributed by atoms with Crippen molar-refractivity contribution in [1.29, 1.82) is 0 Å². The largest absolute Gasteiger partial charge is 0.0808 e. The summed E-state index contributed by atoms with van der Waals surface area (Å²) in [6, 6.07) is 45.9. The molecular weight excluding hydrogens is 702 g/mol. The second-order valence-corrected chi connectivity index (χ2v) is 17.5. The molecule has 0 bridgehead atoms. The Morgan fingerprint density at radius 2 is 0.625 bits per heavy atom. The summed E-state index contributed by atoms with van der Waals surface area (Å²) in [5, 5.41) is 6.27. The average molecular weight is 751 g/mol. The molecule has 4 atom stereocenters. The molecule has 4 aliphatic carbocycles. The van der Waals surface area contributed by atoms with E-state index in [2.05, 4.69) is 170 Å². The van der Waals surface area contributed by atoms with Crippen molar-refractivity contribution in [3.05, 3.63) is 170 Å². The zero-order chi connectivity index (χ0) is 31.2. The molecule has 0 N–H and O–H groups in total. The first kappa shape index (κ1) is 38.5. The van der Waals surface area contributed by atoms with Gasteiger partial charge in [-0.1, -0.05) is 183 Å². The van der Waals surface area contributed by atoms with Crippen LogP contribution in [0, 0.1) is 11.8 Å². The molecule has 0 aliphatic heterocycles. The Morgan fingerprint density at radius 3 is 0.854 bits per heavy atom.